The highest BCUT2D eigenvalue weighted by molar-refractivity contribution is 7.91. The van der Waals surface area contributed by atoms with Gasteiger partial charge < -0.3 is 4.74 Å². The summed E-state index contributed by atoms with van der Waals surface area (Å²) in [6, 6.07) is 0. The van der Waals surface area contributed by atoms with Gasteiger partial charge in [0.15, 0.2) is 9.84 Å². The number of hydrogen-bond donors (Lipinski definition) is 1. The summed E-state index contributed by atoms with van der Waals surface area (Å²) in [4.78, 5) is 0. The molecule has 0 aliphatic carbocycles. The van der Waals surface area contributed by atoms with E-state index in [0.717, 1.165) is 19.4 Å². The van der Waals surface area contributed by atoms with Crippen LogP contribution in [0, 0.1) is 5.92 Å². The third-order valence-electron chi connectivity index (χ3n) is 3.60. The highest BCUT2D eigenvalue weighted by Gasteiger charge is 2.47. The maximum Gasteiger partial charge on any atom is 0.150 e. The van der Waals surface area contributed by atoms with E-state index in [1.54, 1.807) is 0 Å². The Morgan fingerprint density at radius 2 is 2.00 bits per heavy atom. The molecule has 0 bridgehead atoms. The molecule has 0 aromatic rings. The van der Waals surface area contributed by atoms with Crippen molar-refractivity contribution in [2.75, 3.05) is 18.1 Å². The second kappa shape index (κ2) is 3.68. The molecule has 4 nitrogen and oxygen atoms in total. The molecule has 2 unspecified atom stereocenters. The fraction of sp³-hybridized carbons (Fsp3) is 1.00. The van der Waals surface area contributed by atoms with Gasteiger partial charge >= 0.3 is 0 Å². The lowest BCUT2D eigenvalue weighted by atomic mass is 9.94. The summed E-state index contributed by atoms with van der Waals surface area (Å²) in [7, 11) is -2.86. The smallest absolute Gasteiger partial charge is 0.150 e. The van der Waals surface area contributed by atoms with Crippen LogP contribution in [-0.4, -0.2) is 37.8 Å². The van der Waals surface area contributed by atoms with Gasteiger partial charge in [0.1, 0.15) is 5.72 Å². The lowest BCUT2D eigenvalue weighted by molar-refractivity contribution is -0.110. The predicted octanol–water partition coefficient (Wildman–Crippen LogP) is 0.926. The maximum absolute atomic E-state index is 11.6. The molecule has 5 heteroatoms. The number of rotatable bonds is 1. The molecule has 16 heavy (non-hydrogen) atoms. The van der Waals surface area contributed by atoms with Crippen molar-refractivity contribution in [3.8, 4) is 0 Å². The molecule has 2 atom stereocenters. The van der Waals surface area contributed by atoms with E-state index in [9.17, 15) is 8.42 Å². The largest absolute Gasteiger partial charge is 0.353 e. The standard InChI is InChI=1S/C11H21NO3S/c1-10(2)8-12-11(3,15-10)9-5-4-6-16(13,14)7-9/h9,12H,4-8H2,1-3H3. The van der Waals surface area contributed by atoms with Crippen LogP contribution in [0.3, 0.4) is 0 Å². The Kier molecular flexibility index (Phi) is 2.84. The minimum absolute atomic E-state index is 0.0769. The second-order valence-corrected chi connectivity index (χ2v) is 8.00. The van der Waals surface area contributed by atoms with Gasteiger partial charge in [0.25, 0.3) is 0 Å². The molecule has 94 valence electrons. The quantitative estimate of drug-likeness (QED) is 0.749. The Morgan fingerprint density at radius 1 is 1.31 bits per heavy atom. The third kappa shape index (κ3) is 2.41. The van der Waals surface area contributed by atoms with E-state index in [1.807, 2.05) is 20.8 Å². The Labute approximate surface area is 97.7 Å². The van der Waals surface area contributed by atoms with Gasteiger partial charge in [-0.1, -0.05) is 0 Å². The van der Waals surface area contributed by atoms with Crippen LogP contribution in [0.2, 0.25) is 0 Å². The zero-order chi connectivity index (χ0) is 12.0. The van der Waals surface area contributed by atoms with Crippen molar-refractivity contribution in [2.24, 2.45) is 5.92 Å². The molecule has 0 spiro atoms. The number of nitrogens with one attached hydrogen (secondary N) is 1. The average Bonchev–Trinajstić information content (AvgIpc) is 2.40. The van der Waals surface area contributed by atoms with Crippen molar-refractivity contribution in [1.29, 1.82) is 0 Å². The van der Waals surface area contributed by atoms with Gasteiger partial charge in [0.05, 0.1) is 17.1 Å². The van der Waals surface area contributed by atoms with Crippen LogP contribution in [0.5, 0.6) is 0 Å². The van der Waals surface area contributed by atoms with Gasteiger partial charge in [0, 0.05) is 12.5 Å². The molecule has 0 aromatic heterocycles. The first-order valence-electron chi connectivity index (χ1n) is 5.88. The molecule has 0 amide bonds. The minimum atomic E-state index is -2.86. The van der Waals surface area contributed by atoms with Crippen LogP contribution in [0.25, 0.3) is 0 Å². The monoisotopic (exact) mass is 247 g/mol. The molecule has 2 fully saturated rings. The van der Waals surface area contributed by atoms with Gasteiger partial charge in [-0.2, -0.15) is 0 Å². The second-order valence-electron chi connectivity index (χ2n) is 5.78. The maximum atomic E-state index is 11.6. The Morgan fingerprint density at radius 3 is 2.50 bits per heavy atom. The Balaban J connectivity index is 2.13. The van der Waals surface area contributed by atoms with Crippen LogP contribution in [-0.2, 0) is 14.6 Å². The van der Waals surface area contributed by atoms with Crippen molar-refractivity contribution in [3.05, 3.63) is 0 Å². The molecule has 2 rings (SSSR count). The molecule has 0 aromatic carbocycles. The van der Waals surface area contributed by atoms with Gasteiger partial charge in [-0.05, 0) is 33.6 Å². The average molecular weight is 247 g/mol. The first-order valence-corrected chi connectivity index (χ1v) is 7.70. The summed E-state index contributed by atoms with van der Waals surface area (Å²) >= 11 is 0. The van der Waals surface area contributed by atoms with Crippen molar-refractivity contribution in [3.63, 3.8) is 0 Å². The zero-order valence-electron chi connectivity index (χ0n) is 10.2. The topological polar surface area (TPSA) is 55.4 Å². The van der Waals surface area contributed by atoms with E-state index < -0.39 is 15.6 Å². The number of hydrogen-bond acceptors (Lipinski definition) is 4. The van der Waals surface area contributed by atoms with Crippen LogP contribution in [0.1, 0.15) is 33.6 Å². The normalized spacial score (nSPS) is 42.1. The highest BCUT2D eigenvalue weighted by atomic mass is 32.2. The molecule has 2 aliphatic heterocycles. The Hall–Kier alpha value is -0.130. The van der Waals surface area contributed by atoms with Crippen molar-refractivity contribution < 1.29 is 13.2 Å². The van der Waals surface area contributed by atoms with Crippen LogP contribution in [0.4, 0.5) is 0 Å². The van der Waals surface area contributed by atoms with E-state index in [4.69, 9.17) is 4.74 Å². The van der Waals surface area contributed by atoms with Crippen molar-refractivity contribution >= 4 is 9.84 Å². The summed E-state index contributed by atoms with van der Waals surface area (Å²) < 4.78 is 29.3. The summed E-state index contributed by atoms with van der Waals surface area (Å²) in [5.74, 6) is 0.670. The lowest BCUT2D eigenvalue weighted by Crippen LogP contribution is -2.50. The summed E-state index contributed by atoms with van der Waals surface area (Å²) in [6.07, 6.45) is 1.69. The molecule has 1 N–H and O–H groups in total. The summed E-state index contributed by atoms with van der Waals surface area (Å²) in [6.45, 7) is 6.82. The number of sulfone groups is 1. The van der Waals surface area contributed by atoms with E-state index >= 15 is 0 Å². The van der Waals surface area contributed by atoms with E-state index in [2.05, 4.69) is 5.32 Å². The van der Waals surface area contributed by atoms with Crippen LogP contribution in [0.15, 0.2) is 0 Å². The first-order chi connectivity index (χ1) is 7.23. The van der Waals surface area contributed by atoms with E-state index in [1.165, 1.54) is 0 Å². The zero-order valence-corrected chi connectivity index (χ0v) is 11.1. The van der Waals surface area contributed by atoms with Gasteiger partial charge in [-0.3, -0.25) is 5.32 Å². The summed E-state index contributed by atoms with van der Waals surface area (Å²) in [5.41, 5.74) is -0.674. The fourth-order valence-electron chi connectivity index (χ4n) is 2.72. The molecular weight excluding hydrogens is 226 g/mol. The minimum Gasteiger partial charge on any atom is -0.353 e. The predicted molar refractivity (Wildman–Crippen MR) is 62.9 cm³/mol. The van der Waals surface area contributed by atoms with Crippen molar-refractivity contribution in [2.45, 2.75) is 44.9 Å². The fourth-order valence-corrected chi connectivity index (χ4v) is 4.59. The lowest BCUT2D eigenvalue weighted by Gasteiger charge is -2.37. The molecular formula is C11H21NO3S. The Bertz CT molecular complexity index is 377. The summed E-state index contributed by atoms with van der Waals surface area (Å²) in [5, 5.41) is 3.34. The third-order valence-corrected chi connectivity index (χ3v) is 5.42. The molecule has 2 saturated heterocycles. The molecule has 0 saturated carbocycles. The molecule has 0 radical (unpaired) electrons. The van der Waals surface area contributed by atoms with E-state index in [-0.39, 0.29) is 17.3 Å². The van der Waals surface area contributed by atoms with Crippen molar-refractivity contribution in [1.82, 2.24) is 5.32 Å². The number of ether oxygens (including phenoxy) is 1. The van der Waals surface area contributed by atoms with Gasteiger partial charge in [-0.15, -0.1) is 0 Å². The van der Waals surface area contributed by atoms with Gasteiger partial charge in [0.2, 0.25) is 0 Å². The SMILES string of the molecule is CC1(C)CNC(C)(C2CCCS(=O)(=O)C2)O1. The molecule has 2 aliphatic rings. The van der Waals surface area contributed by atoms with Crippen LogP contribution < -0.4 is 5.32 Å². The first kappa shape index (κ1) is 12.3. The highest BCUT2D eigenvalue weighted by Crippen LogP contribution is 2.36. The van der Waals surface area contributed by atoms with E-state index in [0.29, 0.717) is 5.75 Å². The molecule has 2 heterocycles. The van der Waals surface area contributed by atoms with Gasteiger partial charge in [-0.25, -0.2) is 8.42 Å². The van der Waals surface area contributed by atoms with Crippen LogP contribution >= 0.6 is 0 Å².